The van der Waals surface area contributed by atoms with E-state index < -0.39 is 0 Å². The maximum Gasteiger partial charge on any atom is 0.234 e. The quantitative estimate of drug-likeness (QED) is 0.585. The van der Waals surface area contributed by atoms with Gasteiger partial charge in [0.05, 0.1) is 18.8 Å². The van der Waals surface area contributed by atoms with Crippen molar-refractivity contribution in [2.24, 2.45) is 4.99 Å². The van der Waals surface area contributed by atoms with Crippen LogP contribution in [-0.4, -0.2) is 76.9 Å². The SMILES string of the molecule is CN=C(NCc1cn2c(C)cccc2n1)N1CCN(CC(=O)NC2CC2)CC1. The molecule has 2 aromatic rings. The number of fused-ring (bicyclic) bond motifs is 1. The number of hydrogen-bond donors (Lipinski definition) is 2. The van der Waals surface area contributed by atoms with Crippen LogP contribution >= 0.6 is 0 Å². The van der Waals surface area contributed by atoms with Gasteiger partial charge in [-0.2, -0.15) is 0 Å². The number of aromatic nitrogens is 2. The number of aliphatic imine (C=N–C) groups is 1. The molecule has 0 unspecified atom stereocenters. The molecule has 8 nitrogen and oxygen atoms in total. The molecule has 4 rings (SSSR count). The van der Waals surface area contributed by atoms with Gasteiger partial charge in [0.25, 0.3) is 0 Å². The van der Waals surface area contributed by atoms with Crippen molar-refractivity contribution in [3.8, 4) is 0 Å². The van der Waals surface area contributed by atoms with Gasteiger partial charge in [-0.3, -0.25) is 14.7 Å². The van der Waals surface area contributed by atoms with E-state index in [1.807, 2.05) is 19.2 Å². The van der Waals surface area contributed by atoms with Gasteiger partial charge in [0.15, 0.2) is 5.96 Å². The normalized spacial score (nSPS) is 18.5. The highest BCUT2D eigenvalue weighted by Gasteiger charge is 2.25. The van der Waals surface area contributed by atoms with Gasteiger partial charge < -0.3 is 19.9 Å². The molecule has 2 aromatic heterocycles. The molecule has 1 saturated heterocycles. The molecule has 0 atom stereocenters. The number of rotatable bonds is 5. The summed E-state index contributed by atoms with van der Waals surface area (Å²) in [6, 6.07) is 6.55. The summed E-state index contributed by atoms with van der Waals surface area (Å²) in [4.78, 5) is 25.5. The lowest BCUT2D eigenvalue weighted by Crippen LogP contribution is -2.54. The van der Waals surface area contributed by atoms with Crippen LogP contribution in [0.4, 0.5) is 0 Å². The highest BCUT2D eigenvalue weighted by molar-refractivity contribution is 5.80. The number of aryl methyl sites for hydroxylation is 1. The Balaban J connectivity index is 1.27. The van der Waals surface area contributed by atoms with Gasteiger partial charge in [-0.15, -0.1) is 0 Å². The average molecular weight is 384 g/mol. The summed E-state index contributed by atoms with van der Waals surface area (Å²) >= 11 is 0. The topological polar surface area (TPSA) is 77.3 Å². The third kappa shape index (κ3) is 4.44. The zero-order valence-corrected chi connectivity index (χ0v) is 16.7. The maximum atomic E-state index is 12.0. The monoisotopic (exact) mass is 383 g/mol. The van der Waals surface area contributed by atoms with Crippen LogP contribution in [-0.2, 0) is 11.3 Å². The fraction of sp³-hybridized carbons (Fsp3) is 0.550. The van der Waals surface area contributed by atoms with E-state index in [1.165, 1.54) is 5.69 Å². The summed E-state index contributed by atoms with van der Waals surface area (Å²) in [6.07, 6.45) is 4.34. The van der Waals surface area contributed by atoms with Crippen molar-refractivity contribution in [2.75, 3.05) is 39.8 Å². The zero-order chi connectivity index (χ0) is 19.5. The molecule has 8 heteroatoms. The van der Waals surface area contributed by atoms with Crippen molar-refractivity contribution < 1.29 is 4.79 Å². The number of nitrogens with zero attached hydrogens (tertiary/aromatic N) is 5. The summed E-state index contributed by atoms with van der Waals surface area (Å²) in [5.74, 6) is 1.04. The number of pyridine rings is 1. The first kappa shape index (κ1) is 18.7. The molecular formula is C20H29N7O. The van der Waals surface area contributed by atoms with Gasteiger partial charge >= 0.3 is 0 Å². The van der Waals surface area contributed by atoms with Crippen LogP contribution in [0.2, 0.25) is 0 Å². The maximum absolute atomic E-state index is 12.0. The Kier molecular flexibility index (Phi) is 5.47. The third-order valence-corrected chi connectivity index (χ3v) is 5.37. The van der Waals surface area contributed by atoms with Crippen molar-refractivity contribution in [3.05, 3.63) is 35.8 Å². The summed E-state index contributed by atoms with van der Waals surface area (Å²) in [6.45, 7) is 6.67. The third-order valence-electron chi connectivity index (χ3n) is 5.37. The molecule has 0 aromatic carbocycles. The molecule has 1 amide bonds. The van der Waals surface area contributed by atoms with Gasteiger partial charge in [0.2, 0.25) is 5.91 Å². The van der Waals surface area contributed by atoms with Crippen LogP contribution in [0.3, 0.4) is 0 Å². The first-order valence-corrected chi connectivity index (χ1v) is 10.0. The van der Waals surface area contributed by atoms with Crippen LogP contribution in [0, 0.1) is 6.92 Å². The van der Waals surface area contributed by atoms with Gasteiger partial charge in [-0.25, -0.2) is 4.98 Å². The lowest BCUT2D eigenvalue weighted by Gasteiger charge is -2.36. The van der Waals surface area contributed by atoms with Crippen molar-refractivity contribution in [2.45, 2.75) is 32.4 Å². The Labute approximate surface area is 165 Å². The Morgan fingerprint density at radius 3 is 2.71 bits per heavy atom. The number of nitrogens with one attached hydrogen (secondary N) is 2. The Bertz CT molecular complexity index is 863. The van der Waals surface area contributed by atoms with Gasteiger partial charge in [0, 0.05) is 51.2 Å². The predicted octanol–water partition coefficient (Wildman–Crippen LogP) is 0.614. The molecule has 28 heavy (non-hydrogen) atoms. The minimum Gasteiger partial charge on any atom is -0.352 e. The second-order valence-corrected chi connectivity index (χ2v) is 7.63. The molecule has 0 radical (unpaired) electrons. The standard InChI is InChI=1S/C20H29N7O/c1-15-4-3-5-18-23-17(13-27(15)18)12-22-20(21-2)26-10-8-25(9-11-26)14-19(28)24-16-6-7-16/h3-5,13,16H,6-12,14H2,1-2H3,(H,21,22)(H,24,28). The number of guanidine groups is 1. The Morgan fingerprint density at radius 2 is 2.04 bits per heavy atom. The molecule has 2 N–H and O–H groups in total. The smallest absolute Gasteiger partial charge is 0.234 e. The second kappa shape index (κ2) is 8.18. The van der Waals surface area contributed by atoms with Crippen LogP contribution < -0.4 is 10.6 Å². The molecule has 2 aliphatic rings. The summed E-state index contributed by atoms with van der Waals surface area (Å²) in [7, 11) is 1.81. The van der Waals surface area contributed by atoms with E-state index in [-0.39, 0.29) is 5.91 Å². The Morgan fingerprint density at radius 1 is 1.25 bits per heavy atom. The number of carbonyl (C=O) groups is 1. The van der Waals surface area contributed by atoms with Crippen LogP contribution in [0.25, 0.3) is 5.65 Å². The molecule has 1 aliphatic carbocycles. The minimum atomic E-state index is 0.153. The number of hydrogen-bond acceptors (Lipinski definition) is 4. The van der Waals surface area contributed by atoms with Crippen molar-refractivity contribution in [1.29, 1.82) is 0 Å². The minimum absolute atomic E-state index is 0.153. The van der Waals surface area contributed by atoms with E-state index in [0.717, 1.165) is 56.3 Å². The van der Waals surface area contributed by atoms with Crippen molar-refractivity contribution in [1.82, 2.24) is 29.8 Å². The van der Waals surface area contributed by atoms with Gasteiger partial charge in [-0.1, -0.05) is 6.07 Å². The van der Waals surface area contributed by atoms with E-state index in [1.54, 1.807) is 0 Å². The number of imidazole rings is 1. The largest absolute Gasteiger partial charge is 0.352 e. The highest BCUT2D eigenvalue weighted by Crippen LogP contribution is 2.18. The van der Waals surface area contributed by atoms with E-state index in [2.05, 4.69) is 54.0 Å². The number of amides is 1. The molecule has 2 fully saturated rings. The molecule has 3 heterocycles. The second-order valence-electron chi connectivity index (χ2n) is 7.63. The van der Waals surface area contributed by atoms with E-state index in [9.17, 15) is 4.79 Å². The lowest BCUT2D eigenvalue weighted by molar-refractivity contribution is -0.122. The molecule has 150 valence electrons. The highest BCUT2D eigenvalue weighted by atomic mass is 16.2. The molecule has 0 spiro atoms. The van der Waals surface area contributed by atoms with Crippen LogP contribution in [0.5, 0.6) is 0 Å². The number of carbonyl (C=O) groups excluding carboxylic acids is 1. The molecule has 1 saturated carbocycles. The fourth-order valence-electron chi connectivity index (χ4n) is 3.61. The van der Waals surface area contributed by atoms with E-state index >= 15 is 0 Å². The summed E-state index contributed by atoms with van der Waals surface area (Å²) in [5, 5.41) is 6.49. The van der Waals surface area contributed by atoms with Crippen LogP contribution in [0.1, 0.15) is 24.2 Å². The molecule has 0 bridgehead atoms. The molecule has 1 aliphatic heterocycles. The van der Waals surface area contributed by atoms with Crippen molar-refractivity contribution in [3.63, 3.8) is 0 Å². The number of piperazine rings is 1. The van der Waals surface area contributed by atoms with E-state index in [4.69, 9.17) is 0 Å². The fourth-order valence-corrected chi connectivity index (χ4v) is 3.61. The summed E-state index contributed by atoms with van der Waals surface area (Å²) in [5.41, 5.74) is 3.12. The van der Waals surface area contributed by atoms with Crippen LogP contribution in [0.15, 0.2) is 29.4 Å². The zero-order valence-electron chi connectivity index (χ0n) is 16.7. The van der Waals surface area contributed by atoms with E-state index in [0.29, 0.717) is 19.1 Å². The van der Waals surface area contributed by atoms with Gasteiger partial charge in [0.1, 0.15) is 5.65 Å². The summed E-state index contributed by atoms with van der Waals surface area (Å²) < 4.78 is 2.10. The average Bonchev–Trinajstić information content (AvgIpc) is 3.39. The first-order chi connectivity index (χ1) is 13.6. The predicted molar refractivity (Wildman–Crippen MR) is 109 cm³/mol. The first-order valence-electron chi connectivity index (χ1n) is 10.0. The Hall–Kier alpha value is -2.61. The molecular weight excluding hydrogens is 354 g/mol. The lowest BCUT2D eigenvalue weighted by atomic mass is 10.3. The van der Waals surface area contributed by atoms with Gasteiger partial charge in [-0.05, 0) is 31.9 Å². The van der Waals surface area contributed by atoms with Crippen molar-refractivity contribution >= 4 is 17.5 Å².